The largest absolute Gasteiger partial charge is 0.494 e. The van der Waals surface area contributed by atoms with Crippen LogP contribution in [0.4, 0.5) is 5.69 Å². The molecular weight excluding hydrogens is 310 g/mol. The Labute approximate surface area is 151 Å². The molecule has 2 aromatic carbocycles. The number of benzene rings is 2. The van der Waals surface area contributed by atoms with Crippen LogP contribution >= 0.6 is 0 Å². The molecule has 0 unspecified atom stereocenters. The third kappa shape index (κ3) is 5.63. The molecule has 0 spiro atoms. The van der Waals surface area contributed by atoms with Crippen LogP contribution in [0.2, 0.25) is 0 Å². The topological polar surface area (TPSA) is 38.3 Å². The third-order valence-corrected chi connectivity index (χ3v) is 4.30. The molecule has 0 aliphatic carbocycles. The Hall–Kier alpha value is -2.29. The van der Waals surface area contributed by atoms with Crippen LogP contribution in [0.25, 0.3) is 0 Å². The number of nitrogens with one attached hydrogen (secondary N) is 1. The molecule has 25 heavy (non-hydrogen) atoms. The number of amides is 1. The predicted octanol–water partition coefficient (Wildman–Crippen LogP) is 5.82. The second-order valence-electron chi connectivity index (χ2n) is 6.66. The van der Waals surface area contributed by atoms with Crippen LogP contribution in [-0.2, 0) is 0 Å². The van der Waals surface area contributed by atoms with E-state index in [1.54, 1.807) is 0 Å². The summed E-state index contributed by atoms with van der Waals surface area (Å²) >= 11 is 0. The zero-order valence-corrected chi connectivity index (χ0v) is 15.8. The number of hydrogen-bond acceptors (Lipinski definition) is 2. The van der Waals surface area contributed by atoms with Gasteiger partial charge in [0.15, 0.2) is 0 Å². The highest BCUT2D eigenvalue weighted by molar-refractivity contribution is 6.05. The number of hydrogen-bond donors (Lipinski definition) is 1. The van der Waals surface area contributed by atoms with E-state index < -0.39 is 0 Å². The number of ether oxygens (including phenoxy) is 1. The average molecular weight is 339 g/mol. The van der Waals surface area contributed by atoms with Gasteiger partial charge >= 0.3 is 0 Å². The zero-order chi connectivity index (χ0) is 18.2. The lowest BCUT2D eigenvalue weighted by molar-refractivity contribution is 0.102. The van der Waals surface area contributed by atoms with Crippen molar-refractivity contribution in [2.75, 3.05) is 11.9 Å². The molecule has 0 saturated carbocycles. The number of aryl methyl sites for hydroxylation is 3. The van der Waals surface area contributed by atoms with E-state index in [0.717, 1.165) is 35.6 Å². The molecule has 0 atom stereocenters. The van der Waals surface area contributed by atoms with Crippen molar-refractivity contribution in [3.63, 3.8) is 0 Å². The number of rotatable bonds is 8. The first kappa shape index (κ1) is 19.0. The minimum Gasteiger partial charge on any atom is -0.494 e. The second kappa shape index (κ2) is 9.26. The molecule has 0 bridgehead atoms. The van der Waals surface area contributed by atoms with Gasteiger partial charge in [0.2, 0.25) is 0 Å². The van der Waals surface area contributed by atoms with E-state index in [1.165, 1.54) is 24.8 Å². The predicted molar refractivity (Wildman–Crippen MR) is 105 cm³/mol. The lowest BCUT2D eigenvalue weighted by Crippen LogP contribution is -2.14. The molecule has 1 N–H and O–H groups in total. The van der Waals surface area contributed by atoms with Crippen LogP contribution in [0, 0.1) is 20.8 Å². The molecule has 0 fully saturated rings. The fourth-order valence-electron chi connectivity index (χ4n) is 2.98. The zero-order valence-electron chi connectivity index (χ0n) is 15.8. The van der Waals surface area contributed by atoms with Crippen molar-refractivity contribution in [2.45, 2.75) is 53.4 Å². The van der Waals surface area contributed by atoms with Gasteiger partial charge in [0.05, 0.1) is 6.61 Å². The average Bonchev–Trinajstić information content (AvgIpc) is 2.58. The van der Waals surface area contributed by atoms with Crippen molar-refractivity contribution in [1.82, 2.24) is 0 Å². The number of anilines is 1. The van der Waals surface area contributed by atoms with E-state index in [0.29, 0.717) is 5.56 Å². The highest BCUT2D eigenvalue weighted by Crippen LogP contribution is 2.23. The molecule has 0 saturated heterocycles. The minimum atomic E-state index is -0.0930. The normalized spacial score (nSPS) is 10.6. The smallest absolute Gasteiger partial charge is 0.255 e. The molecular formula is C22H29NO2. The van der Waals surface area contributed by atoms with Crippen LogP contribution in [0.1, 0.15) is 59.7 Å². The van der Waals surface area contributed by atoms with Gasteiger partial charge < -0.3 is 10.1 Å². The van der Waals surface area contributed by atoms with Crippen LogP contribution in [-0.4, -0.2) is 12.5 Å². The lowest BCUT2D eigenvalue weighted by Gasteiger charge is -2.13. The van der Waals surface area contributed by atoms with Crippen LogP contribution in [0.5, 0.6) is 5.75 Å². The summed E-state index contributed by atoms with van der Waals surface area (Å²) in [7, 11) is 0. The first-order valence-electron chi connectivity index (χ1n) is 9.13. The monoisotopic (exact) mass is 339 g/mol. The van der Waals surface area contributed by atoms with Crippen molar-refractivity contribution >= 4 is 11.6 Å². The Balaban J connectivity index is 1.94. The maximum atomic E-state index is 12.5. The summed E-state index contributed by atoms with van der Waals surface area (Å²) in [5, 5.41) is 3.03. The summed E-state index contributed by atoms with van der Waals surface area (Å²) in [5.74, 6) is 0.722. The van der Waals surface area contributed by atoms with E-state index in [-0.39, 0.29) is 5.91 Å². The summed E-state index contributed by atoms with van der Waals surface area (Å²) in [4.78, 5) is 12.5. The third-order valence-electron chi connectivity index (χ3n) is 4.30. The molecule has 3 heteroatoms. The fraction of sp³-hybridized carbons (Fsp3) is 0.409. The molecule has 0 radical (unpaired) electrons. The van der Waals surface area contributed by atoms with Crippen LogP contribution in [0.15, 0.2) is 36.4 Å². The summed E-state index contributed by atoms with van der Waals surface area (Å²) in [6.07, 6.45) is 4.75. The number of unbranched alkanes of at least 4 members (excludes halogenated alkanes) is 3. The van der Waals surface area contributed by atoms with Gasteiger partial charge in [-0.1, -0.05) is 43.9 Å². The highest BCUT2D eigenvalue weighted by atomic mass is 16.5. The number of carbonyl (C=O) groups excluding carboxylic acids is 1. The van der Waals surface area contributed by atoms with E-state index in [9.17, 15) is 4.79 Å². The SMILES string of the molecule is CCCCCCOc1ccc(C(=O)Nc2c(C)cc(C)cc2C)cc1. The standard InChI is InChI=1S/C22H29NO2/c1-5-6-7-8-13-25-20-11-9-19(10-12-20)22(24)23-21-17(3)14-16(2)15-18(21)4/h9-12,14-15H,5-8,13H2,1-4H3,(H,23,24). The van der Waals surface area contributed by atoms with Gasteiger partial charge in [0, 0.05) is 11.3 Å². The molecule has 134 valence electrons. The minimum absolute atomic E-state index is 0.0930. The van der Waals surface area contributed by atoms with Gasteiger partial charge in [-0.05, 0) is 62.6 Å². The van der Waals surface area contributed by atoms with Gasteiger partial charge in [0.1, 0.15) is 5.75 Å². The molecule has 0 heterocycles. The molecule has 1 amide bonds. The van der Waals surface area contributed by atoms with Crippen LogP contribution < -0.4 is 10.1 Å². The Morgan fingerprint density at radius 2 is 1.60 bits per heavy atom. The molecule has 0 aromatic heterocycles. The number of carbonyl (C=O) groups is 1. The maximum Gasteiger partial charge on any atom is 0.255 e. The highest BCUT2D eigenvalue weighted by Gasteiger charge is 2.10. The van der Waals surface area contributed by atoms with Crippen molar-refractivity contribution in [3.05, 3.63) is 58.7 Å². The van der Waals surface area contributed by atoms with E-state index in [2.05, 4.69) is 31.3 Å². The van der Waals surface area contributed by atoms with Gasteiger partial charge in [0.25, 0.3) is 5.91 Å². The van der Waals surface area contributed by atoms with Gasteiger partial charge in [-0.15, -0.1) is 0 Å². The van der Waals surface area contributed by atoms with Gasteiger partial charge in [-0.2, -0.15) is 0 Å². The molecule has 2 rings (SSSR count). The lowest BCUT2D eigenvalue weighted by atomic mass is 10.0. The Bertz CT molecular complexity index is 681. The van der Waals surface area contributed by atoms with E-state index >= 15 is 0 Å². The van der Waals surface area contributed by atoms with Crippen molar-refractivity contribution in [3.8, 4) is 5.75 Å². The Kier molecular flexibility index (Phi) is 7.05. The van der Waals surface area contributed by atoms with E-state index in [4.69, 9.17) is 4.74 Å². The Morgan fingerprint density at radius 1 is 0.960 bits per heavy atom. The molecule has 0 aliphatic heterocycles. The summed E-state index contributed by atoms with van der Waals surface area (Å²) in [6, 6.07) is 11.5. The van der Waals surface area contributed by atoms with E-state index in [1.807, 2.05) is 38.1 Å². The quantitative estimate of drug-likeness (QED) is 0.615. The Morgan fingerprint density at radius 3 is 2.20 bits per heavy atom. The van der Waals surface area contributed by atoms with Crippen molar-refractivity contribution in [1.29, 1.82) is 0 Å². The second-order valence-corrected chi connectivity index (χ2v) is 6.66. The summed E-state index contributed by atoms with van der Waals surface area (Å²) < 4.78 is 5.73. The molecule has 2 aromatic rings. The van der Waals surface area contributed by atoms with Gasteiger partial charge in [-0.25, -0.2) is 0 Å². The van der Waals surface area contributed by atoms with Crippen molar-refractivity contribution < 1.29 is 9.53 Å². The molecule has 0 aliphatic rings. The first-order valence-corrected chi connectivity index (χ1v) is 9.13. The first-order chi connectivity index (χ1) is 12.0. The molecule has 3 nitrogen and oxygen atoms in total. The fourth-order valence-corrected chi connectivity index (χ4v) is 2.98. The maximum absolute atomic E-state index is 12.5. The van der Waals surface area contributed by atoms with Gasteiger partial charge in [-0.3, -0.25) is 4.79 Å². The summed E-state index contributed by atoms with van der Waals surface area (Å²) in [6.45, 7) is 9.03. The van der Waals surface area contributed by atoms with Crippen molar-refractivity contribution in [2.24, 2.45) is 0 Å². The van der Waals surface area contributed by atoms with Crippen LogP contribution in [0.3, 0.4) is 0 Å². The summed E-state index contributed by atoms with van der Waals surface area (Å²) in [5.41, 5.74) is 4.90.